The molecule has 0 spiro atoms. The highest BCUT2D eigenvalue weighted by Crippen LogP contribution is 2.33. The van der Waals surface area contributed by atoms with Gasteiger partial charge in [-0.15, -0.1) is 0 Å². The number of carbonyl (C=O) groups is 2. The van der Waals surface area contributed by atoms with E-state index in [1.54, 1.807) is 51.1 Å². The molecule has 4 aromatic carbocycles. The van der Waals surface area contributed by atoms with Gasteiger partial charge in [0.05, 0.1) is 27.4 Å². The number of anilines is 2. The van der Waals surface area contributed by atoms with Crippen LogP contribution in [0.1, 0.15) is 20.8 Å². The molecule has 4 aromatic rings. The average molecular weight is 653 g/mol. The van der Waals surface area contributed by atoms with Gasteiger partial charge in [0.2, 0.25) is 26.0 Å². The van der Waals surface area contributed by atoms with Gasteiger partial charge in [0.15, 0.2) is 11.5 Å². The van der Waals surface area contributed by atoms with Crippen LogP contribution in [0.25, 0.3) is 0 Å². The molecule has 0 saturated carbocycles. The predicted octanol–water partition coefficient (Wildman–Crippen LogP) is 5.39. The van der Waals surface area contributed by atoms with Crippen LogP contribution in [0.3, 0.4) is 0 Å². The van der Waals surface area contributed by atoms with E-state index in [4.69, 9.17) is 9.47 Å². The fourth-order valence-electron chi connectivity index (χ4n) is 4.02. The summed E-state index contributed by atoms with van der Waals surface area (Å²) in [5.74, 6) is -0.868. The van der Waals surface area contributed by atoms with Gasteiger partial charge in [0, 0.05) is 5.41 Å². The fraction of sp³-hybridized carbons (Fsp3) is 0.188. The second-order valence-corrected chi connectivity index (χ2v) is 14.8. The molecule has 0 aromatic heterocycles. The van der Waals surface area contributed by atoms with E-state index in [9.17, 15) is 31.5 Å². The highest BCUT2D eigenvalue weighted by atomic mass is 32.2. The highest BCUT2D eigenvalue weighted by Gasteiger charge is 2.37. The monoisotopic (exact) mass is 652 g/mol. The smallest absolute Gasteiger partial charge is 0.273 e. The van der Waals surface area contributed by atoms with Crippen LogP contribution < -0.4 is 19.5 Å². The summed E-state index contributed by atoms with van der Waals surface area (Å²) in [4.78, 5) is 27.0. The van der Waals surface area contributed by atoms with Crippen molar-refractivity contribution in [2.24, 2.45) is 5.41 Å². The minimum absolute atomic E-state index is 0.0322. The number of ether oxygens (including phenoxy) is 2. The van der Waals surface area contributed by atoms with E-state index in [-0.39, 0.29) is 38.4 Å². The molecule has 0 heterocycles. The van der Waals surface area contributed by atoms with Crippen molar-refractivity contribution in [3.8, 4) is 23.0 Å². The summed E-state index contributed by atoms with van der Waals surface area (Å²) in [6, 6.07) is 23.2. The van der Waals surface area contributed by atoms with Crippen molar-refractivity contribution in [2.75, 3.05) is 16.3 Å². The lowest BCUT2D eigenvalue weighted by Gasteiger charge is -2.25. The van der Waals surface area contributed by atoms with Gasteiger partial charge in [-0.2, -0.15) is 0 Å². The second kappa shape index (κ2) is 13.0. The van der Waals surface area contributed by atoms with Gasteiger partial charge in [-0.05, 0) is 78.9 Å². The lowest BCUT2D eigenvalue weighted by molar-refractivity contribution is -0.140. The number of amides is 1. The first-order valence-electron chi connectivity index (χ1n) is 13.5. The Kier molecular flexibility index (Phi) is 9.54. The SMILES string of the molecule is CC(C)(C)C(=O)C(Oc1ccc(S(=O)(=O)c2ccc(O)cc2)cc1)C(=O)Nc1cc(NS(C)(=O)=O)ccc1Oc1ccccc1. The number of Topliss-reactive ketones (excluding diaryl/α,β-unsaturated/α-hetero) is 1. The molecule has 1 atom stereocenters. The molecule has 3 N–H and O–H groups in total. The number of ketones is 1. The Balaban J connectivity index is 1.65. The summed E-state index contributed by atoms with van der Waals surface area (Å²) < 4.78 is 63.9. The van der Waals surface area contributed by atoms with Crippen molar-refractivity contribution in [1.29, 1.82) is 0 Å². The van der Waals surface area contributed by atoms with Crippen LogP contribution in [0, 0.1) is 5.41 Å². The van der Waals surface area contributed by atoms with E-state index in [1.165, 1.54) is 66.7 Å². The number of rotatable bonds is 11. The largest absolute Gasteiger partial charge is 0.508 e. The van der Waals surface area contributed by atoms with Crippen molar-refractivity contribution in [3.63, 3.8) is 0 Å². The van der Waals surface area contributed by atoms with Gasteiger partial charge >= 0.3 is 0 Å². The van der Waals surface area contributed by atoms with E-state index in [1.807, 2.05) is 0 Å². The summed E-state index contributed by atoms with van der Waals surface area (Å²) in [7, 11) is -7.58. The van der Waals surface area contributed by atoms with E-state index < -0.39 is 43.1 Å². The van der Waals surface area contributed by atoms with Crippen LogP contribution in [-0.4, -0.2) is 46.0 Å². The number of phenols is 1. The van der Waals surface area contributed by atoms with E-state index in [2.05, 4.69) is 10.0 Å². The molecule has 0 aliphatic rings. The Morgan fingerprint density at radius 1 is 0.778 bits per heavy atom. The van der Waals surface area contributed by atoms with Crippen LogP contribution in [0.2, 0.25) is 0 Å². The third kappa shape index (κ3) is 8.61. The van der Waals surface area contributed by atoms with Crippen LogP contribution in [0.4, 0.5) is 11.4 Å². The van der Waals surface area contributed by atoms with Crippen molar-refractivity contribution < 1.29 is 41.0 Å². The molecule has 0 radical (unpaired) electrons. The number of hydrogen-bond donors (Lipinski definition) is 3. The van der Waals surface area contributed by atoms with E-state index >= 15 is 0 Å². The summed E-state index contributed by atoms with van der Waals surface area (Å²) in [6.45, 7) is 4.85. The first-order chi connectivity index (χ1) is 21.0. The van der Waals surface area contributed by atoms with Crippen LogP contribution >= 0.6 is 0 Å². The van der Waals surface area contributed by atoms with Gasteiger partial charge in [-0.25, -0.2) is 16.8 Å². The Labute approximate surface area is 261 Å². The van der Waals surface area contributed by atoms with Gasteiger partial charge in [0.1, 0.15) is 17.2 Å². The van der Waals surface area contributed by atoms with Crippen molar-refractivity contribution in [1.82, 2.24) is 0 Å². The number of phenolic OH excluding ortho intramolecular Hbond substituents is 1. The maximum Gasteiger partial charge on any atom is 0.273 e. The third-order valence-corrected chi connectivity index (χ3v) is 8.65. The topological polar surface area (TPSA) is 165 Å². The summed E-state index contributed by atoms with van der Waals surface area (Å²) in [5, 5.41) is 12.1. The molecule has 4 rings (SSSR count). The minimum atomic E-state index is -3.92. The molecule has 236 valence electrons. The van der Waals surface area contributed by atoms with Gasteiger partial charge in [-0.3, -0.25) is 14.3 Å². The normalized spacial score (nSPS) is 12.5. The molecule has 0 aliphatic carbocycles. The van der Waals surface area contributed by atoms with Crippen LogP contribution in [0.15, 0.2) is 107 Å². The Morgan fingerprint density at radius 3 is 1.91 bits per heavy atom. The molecule has 13 heteroatoms. The first kappa shape index (κ1) is 33.0. The predicted molar refractivity (Wildman–Crippen MR) is 169 cm³/mol. The first-order valence-corrected chi connectivity index (χ1v) is 16.9. The second-order valence-electron chi connectivity index (χ2n) is 11.1. The van der Waals surface area contributed by atoms with Gasteiger partial charge < -0.3 is 19.9 Å². The molecule has 0 aliphatic heterocycles. The minimum Gasteiger partial charge on any atom is -0.508 e. The standard InChI is InChI=1S/C32H32N2O9S2/c1-32(2,3)30(36)29(43-24-13-17-26(18-14-24)45(40,41)25-15-11-22(35)12-16-25)31(37)33-27-20-21(34-44(4,38)39)10-19-28(27)42-23-8-6-5-7-9-23/h5-20,29,34-35H,1-4H3,(H,33,37). The number of nitrogens with one attached hydrogen (secondary N) is 2. The van der Waals surface area contributed by atoms with Crippen molar-refractivity contribution in [3.05, 3.63) is 97.1 Å². The fourth-order valence-corrected chi connectivity index (χ4v) is 5.84. The van der Waals surface area contributed by atoms with Crippen LogP contribution in [0.5, 0.6) is 23.0 Å². The van der Waals surface area contributed by atoms with Crippen LogP contribution in [-0.2, 0) is 29.4 Å². The molecule has 45 heavy (non-hydrogen) atoms. The number of carbonyl (C=O) groups excluding carboxylic acids is 2. The maximum absolute atomic E-state index is 13.7. The lowest BCUT2D eigenvalue weighted by atomic mass is 9.87. The molecule has 0 saturated heterocycles. The number of para-hydroxylation sites is 1. The Hall–Kier alpha value is -4.88. The van der Waals surface area contributed by atoms with Gasteiger partial charge in [0.25, 0.3) is 5.91 Å². The number of benzene rings is 4. The molecule has 0 fully saturated rings. The lowest BCUT2D eigenvalue weighted by Crippen LogP contribution is -2.45. The van der Waals surface area contributed by atoms with Crippen molar-refractivity contribution in [2.45, 2.75) is 36.7 Å². The van der Waals surface area contributed by atoms with Crippen molar-refractivity contribution >= 4 is 42.9 Å². The summed E-state index contributed by atoms with van der Waals surface area (Å²) in [5.41, 5.74) is -0.825. The molecule has 11 nitrogen and oxygen atoms in total. The summed E-state index contributed by atoms with van der Waals surface area (Å²) >= 11 is 0. The zero-order valence-electron chi connectivity index (χ0n) is 24.8. The molecule has 0 bridgehead atoms. The molecule has 1 unspecified atom stereocenters. The highest BCUT2D eigenvalue weighted by molar-refractivity contribution is 7.92. The quantitative estimate of drug-likeness (QED) is 0.180. The Bertz CT molecular complexity index is 1900. The molecule has 1 amide bonds. The van der Waals surface area contributed by atoms with E-state index in [0.717, 1.165) is 6.26 Å². The molecular formula is C32H32N2O9S2. The van der Waals surface area contributed by atoms with Gasteiger partial charge in [-0.1, -0.05) is 39.0 Å². The maximum atomic E-state index is 13.7. The number of hydrogen-bond acceptors (Lipinski definition) is 9. The number of sulfone groups is 1. The molecular weight excluding hydrogens is 620 g/mol. The number of sulfonamides is 1. The van der Waals surface area contributed by atoms with E-state index in [0.29, 0.717) is 5.75 Å². The summed E-state index contributed by atoms with van der Waals surface area (Å²) in [6.07, 6.45) is -0.701. The Morgan fingerprint density at radius 2 is 1.36 bits per heavy atom. The zero-order valence-corrected chi connectivity index (χ0v) is 26.5. The third-order valence-electron chi connectivity index (χ3n) is 6.26. The average Bonchev–Trinajstić information content (AvgIpc) is 2.96. The zero-order chi connectivity index (χ0) is 33.0. The number of aromatic hydroxyl groups is 1.